The highest BCUT2D eigenvalue weighted by Gasteiger charge is 2.13. The van der Waals surface area contributed by atoms with Crippen LogP contribution in [0.4, 0.5) is 0 Å². The molecule has 0 aliphatic carbocycles. The summed E-state index contributed by atoms with van der Waals surface area (Å²) >= 11 is 5.26. The topological polar surface area (TPSA) is 21.3 Å². The summed E-state index contributed by atoms with van der Waals surface area (Å²) in [6.07, 6.45) is 0. The third-order valence-corrected chi connectivity index (χ3v) is 3.78. The van der Waals surface area contributed by atoms with E-state index in [9.17, 15) is 0 Å². The van der Waals surface area contributed by atoms with Gasteiger partial charge in [-0.25, -0.2) is 0 Å². The predicted octanol–water partition coefficient (Wildman–Crippen LogP) is 2.81. The number of hydrogen-bond donors (Lipinski definition) is 1. The minimum absolute atomic E-state index is 0.300. The van der Waals surface area contributed by atoms with Gasteiger partial charge in [0.05, 0.1) is 12.6 Å². The fourth-order valence-electron chi connectivity index (χ4n) is 1.08. The molecule has 0 radical (unpaired) electrons. The average molecular weight is 264 g/mol. The molecule has 0 aliphatic heterocycles. The molecule has 0 saturated carbocycles. The van der Waals surface area contributed by atoms with Crippen molar-refractivity contribution in [2.24, 2.45) is 0 Å². The molecule has 0 bridgehead atoms. The molecule has 0 spiro atoms. The van der Waals surface area contributed by atoms with Gasteiger partial charge in [0.1, 0.15) is 0 Å². The van der Waals surface area contributed by atoms with Crippen LogP contribution in [-0.4, -0.2) is 20.3 Å². The minimum atomic E-state index is 0.300. The maximum Gasteiger partial charge on any atom is 0.0669 e. The molecule has 0 aromatic carbocycles. The summed E-state index contributed by atoms with van der Waals surface area (Å²) in [6, 6.07) is 2.37. The van der Waals surface area contributed by atoms with Gasteiger partial charge in [-0.05, 0) is 41.3 Å². The largest absolute Gasteiger partial charge is 0.380 e. The molecule has 1 aromatic heterocycles. The Kier molecular flexibility index (Phi) is 4.94. The highest BCUT2D eigenvalue weighted by atomic mass is 79.9. The van der Waals surface area contributed by atoms with E-state index >= 15 is 0 Å². The van der Waals surface area contributed by atoms with Gasteiger partial charge in [-0.15, -0.1) is 11.3 Å². The van der Waals surface area contributed by atoms with E-state index in [1.165, 1.54) is 4.88 Å². The summed E-state index contributed by atoms with van der Waals surface area (Å²) in [5.41, 5.74) is 0. The van der Waals surface area contributed by atoms with Gasteiger partial charge in [0.25, 0.3) is 0 Å². The Hall–Kier alpha value is 0.100. The SMILES string of the molecule is CCOCC(NC)c1sccc1Br. The Balaban J connectivity index is 2.61. The van der Waals surface area contributed by atoms with E-state index in [1.54, 1.807) is 11.3 Å². The predicted molar refractivity (Wildman–Crippen MR) is 60.3 cm³/mol. The highest BCUT2D eigenvalue weighted by Crippen LogP contribution is 2.28. The van der Waals surface area contributed by atoms with Gasteiger partial charge in [0.15, 0.2) is 0 Å². The van der Waals surface area contributed by atoms with E-state index in [0.717, 1.165) is 17.7 Å². The monoisotopic (exact) mass is 263 g/mol. The molecule has 13 heavy (non-hydrogen) atoms. The Bertz CT molecular complexity index is 252. The zero-order chi connectivity index (χ0) is 9.68. The molecule has 2 nitrogen and oxygen atoms in total. The molecule has 0 fully saturated rings. The molecule has 74 valence electrons. The van der Waals surface area contributed by atoms with E-state index < -0.39 is 0 Å². The lowest BCUT2D eigenvalue weighted by molar-refractivity contribution is 0.126. The van der Waals surface area contributed by atoms with Crippen LogP contribution in [0.15, 0.2) is 15.9 Å². The van der Waals surface area contributed by atoms with Crippen LogP contribution in [0.5, 0.6) is 0 Å². The molecule has 1 aromatic rings. The molecular formula is C9H14BrNOS. The van der Waals surface area contributed by atoms with Crippen molar-refractivity contribution >= 4 is 27.3 Å². The summed E-state index contributed by atoms with van der Waals surface area (Å²) in [5.74, 6) is 0. The summed E-state index contributed by atoms with van der Waals surface area (Å²) < 4.78 is 6.55. The van der Waals surface area contributed by atoms with E-state index in [4.69, 9.17) is 4.74 Å². The molecular weight excluding hydrogens is 250 g/mol. The Labute approximate surface area is 91.4 Å². The van der Waals surface area contributed by atoms with Crippen molar-refractivity contribution in [2.75, 3.05) is 20.3 Å². The van der Waals surface area contributed by atoms with Crippen molar-refractivity contribution in [1.82, 2.24) is 5.32 Å². The fourth-order valence-corrected chi connectivity index (χ4v) is 2.83. The van der Waals surface area contributed by atoms with Crippen LogP contribution in [-0.2, 0) is 4.74 Å². The molecule has 1 N–H and O–H groups in total. The van der Waals surface area contributed by atoms with E-state index in [0.29, 0.717) is 6.04 Å². The Morgan fingerprint density at radius 2 is 2.46 bits per heavy atom. The van der Waals surface area contributed by atoms with Crippen molar-refractivity contribution < 1.29 is 4.74 Å². The van der Waals surface area contributed by atoms with Crippen LogP contribution in [0, 0.1) is 0 Å². The first-order valence-corrected chi connectivity index (χ1v) is 5.94. The second kappa shape index (κ2) is 5.75. The molecule has 1 unspecified atom stereocenters. The third-order valence-electron chi connectivity index (χ3n) is 1.80. The normalized spacial score (nSPS) is 13.2. The van der Waals surface area contributed by atoms with Crippen LogP contribution < -0.4 is 5.32 Å². The molecule has 0 aliphatic rings. The number of likely N-dealkylation sites (N-methyl/N-ethyl adjacent to an activating group) is 1. The lowest BCUT2D eigenvalue weighted by atomic mass is 10.2. The van der Waals surface area contributed by atoms with Gasteiger partial charge in [0, 0.05) is 16.0 Å². The van der Waals surface area contributed by atoms with Crippen molar-refractivity contribution in [1.29, 1.82) is 0 Å². The lowest BCUT2D eigenvalue weighted by Gasteiger charge is -2.14. The standard InChI is InChI=1S/C9H14BrNOS/c1-3-12-6-8(11-2)9-7(10)4-5-13-9/h4-5,8,11H,3,6H2,1-2H3. The third kappa shape index (κ3) is 3.06. The number of halogens is 1. The Morgan fingerprint density at radius 3 is 2.92 bits per heavy atom. The molecule has 1 rings (SSSR count). The molecule has 0 amide bonds. The summed E-state index contributed by atoms with van der Waals surface area (Å²) in [7, 11) is 1.95. The van der Waals surface area contributed by atoms with Gasteiger partial charge in [-0.2, -0.15) is 0 Å². The van der Waals surface area contributed by atoms with Crippen LogP contribution in [0.3, 0.4) is 0 Å². The summed E-state index contributed by atoms with van der Waals surface area (Å²) in [4.78, 5) is 1.30. The molecule has 0 saturated heterocycles. The first-order valence-electron chi connectivity index (χ1n) is 4.27. The van der Waals surface area contributed by atoms with Crippen LogP contribution >= 0.6 is 27.3 Å². The lowest BCUT2D eigenvalue weighted by Crippen LogP contribution is -2.21. The van der Waals surface area contributed by atoms with Gasteiger partial charge >= 0.3 is 0 Å². The first-order chi connectivity index (χ1) is 6.29. The molecule has 1 atom stereocenters. The van der Waals surface area contributed by atoms with Gasteiger partial charge < -0.3 is 10.1 Å². The van der Waals surface area contributed by atoms with Crippen molar-refractivity contribution in [3.8, 4) is 0 Å². The number of ether oxygens (including phenoxy) is 1. The van der Waals surface area contributed by atoms with E-state index in [2.05, 4.69) is 32.7 Å². The molecule has 1 heterocycles. The smallest absolute Gasteiger partial charge is 0.0669 e. The van der Waals surface area contributed by atoms with Crippen LogP contribution in [0.2, 0.25) is 0 Å². The van der Waals surface area contributed by atoms with Gasteiger partial charge in [-0.3, -0.25) is 0 Å². The van der Waals surface area contributed by atoms with Crippen molar-refractivity contribution in [3.63, 3.8) is 0 Å². The second-order valence-electron chi connectivity index (χ2n) is 2.63. The van der Waals surface area contributed by atoms with E-state index in [1.807, 2.05) is 14.0 Å². The van der Waals surface area contributed by atoms with Crippen LogP contribution in [0.25, 0.3) is 0 Å². The zero-order valence-corrected chi connectivity index (χ0v) is 10.2. The minimum Gasteiger partial charge on any atom is -0.380 e. The van der Waals surface area contributed by atoms with Crippen LogP contribution in [0.1, 0.15) is 17.8 Å². The average Bonchev–Trinajstić information content (AvgIpc) is 2.54. The molecule has 4 heteroatoms. The van der Waals surface area contributed by atoms with Crippen molar-refractivity contribution in [2.45, 2.75) is 13.0 Å². The number of hydrogen-bond acceptors (Lipinski definition) is 3. The summed E-state index contributed by atoms with van der Waals surface area (Å²) in [6.45, 7) is 3.50. The van der Waals surface area contributed by atoms with Gasteiger partial charge in [0.2, 0.25) is 0 Å². The van der Waals surface area contributed by atoms with Gasteiger partial charge in [-0.1, -0.05) is 0 Å². The quantitative estimate of drug-likeness (QED) is 0.883. The summed E-state index contributed by atoms with van der Waals surface area (Å²) in [5, 5.41) is 5.31. The number of thiophene rings is 1. The van der Waals surface area contributed by atoms with Crippen molar-refractivity contribution in [3.05, 3.63) is 20.8 Å². The first kappa shape index (κ1) is 11.2. The fraction of sp³-hybridized carbons (Fsp3) is 0.556. The highest BCUT2D eigenvalue weighted by molar-refractivity contribution is 9.10. The maximum atomic E-state index is 5.39. The number of rotatable bonds is 5. The van der Waals surface area contributed by atoms with E-state index in [-0.39, 0.29) is 0 Å². The Morgan fingerprint density at radius 1 is 1.69 bits per heavy atom. The maximum absolute atomic E-state index is 5.39. The second-order valence-corrected chi connectivity index (χ2v) is 4.44. The zero-order valence-electron chi connectivity index (χ0n) is 7.84. The number of nitrogens with one attached hydrogen (secondary N) is 1.